The number of carbonyl (C=O) groups excluding carboxylic acids is 1. The Hall–Kier alpha value is -2.44. The minimum atomic E-state index is -0.305. The van der Waals surface area contributed by atoms with Gasteiger partial charge in [-0.1, -0.05) is 35.7 Å². The Bertz CT molecular complexity index is 702. The van der Waals surface area contributed by atoms with E-state index in [1.165, 1.54) is 4.90 Å². The molecule has 0 aliphatic carbocycles. The van der Waals surface area contributed by atoms with Gasteiger partial charge in [-0.3, -0.25) is 4.79 Å². The van der Waals surface area contributed by atoms with Crippen LogP contribution in [0.3, 0.4) is 0 Å². The van der Waals surface area contributed by atoms with Gasteiger partial charge < -0.3 is 9.64 Å². The van der Waals surface area contributed by atoms with E-state index in [1.54, 1.807) is 32.4 Å². The topological polar surface area (TPSA) is 29.5 Å². The lowest BCUT2D eigenvalue weighted by Crippen LogP contribution is -2.24. The molecule has 106 valence electrons. The van der Waals surface area contributed by atoms with Crippen LogP contribution in [-0.2, 0) is 4.79 Å². The highest BCUT2D eigenvalue weighted by Gasteiger charge is 2.10. The van der Waals surface area contributed by atoms with Crippen LogP contribution in [0.4, 0.5) is 5.69 Å². The first-order valence-corrected chi connectivity index (χ1v) is 6.68. The van der Waals surface area contributed by atoms with Gasteiger partial charge in [-0.05, 0) is 30.3 Å². The minimum Gasteiger partial charge on any atom is -0.495 e. The van der Waals surface area contributed by atoms with Crippen molar-refractivity contribution in [2.45, 2.75) is 0 Å². The van der Waals surface area contributed by atoms with Crippen LogP contribution in [0.15, 0.2) is 48.5 Å². The molecule has 0 aliphatic rings. The molecule has 0 N–H and O–H groups in total. The Labute approximate surface area is 129 Å². The van der Waals surface area contributed by atoms with E-state index in [9.17, 15) is 4.79 Å². The zero-order valence-electron chi connectivity index (χ0n) is 11.8. The molecule has 0 aliphatic heterocycles. The maximum atomic E-state index is 12.1. The number of hydrogen-bond donors (Lipinski definition) is 0. The lowest BCUT2D eigenvalue weighted by molar-refractivity contribution is -0.113. The van der Waals surface area contributed by atoms with Crippen LogP contribution in [0, 0.1) is 11.8 Å². The van der Waals surface area contributed by atoms with Crippen molar-refractivity contribution in [1.82, 2.24) is 0 Å². The number of benzene rings is 2. The molecular formula is C17H14ClNO2. The Morgan fingerprint density at radius 2 is 1.90 bits per heavy atom. The number of hydrogen-bond acceptors (Lipinski definition) is 2. The third-order valence-electron chi connectivity index (χ3n) is 2.91. The smallest absolute Gasteiger partial charge is 0.302 e. The summed E-state index contributed by atoms with van der Waals surface area (Å²) in [5.74, 6) is 5.70. The highest BCUT2D eigenvalue weighted by molar-refractivity contribution is 6.32. The van der Waals surface area contributed by atoms with Crippen LogP contribution in [0.2, 0.25) is 5.02 Å². The second-order valence-corrected chi connectivity index (χ2v) is 4.71. The summed E-state index contributed by atoms with van der Waals surface area (Å²) in [6.45, 7) is 0. The van der Waals surface area contributed by atoms with Gasteiger partial charge in [-0.2, -0.15) is 0 Å². The predicted octanol–water partition coefficient (Wildman–Crippen LogP) is 3.36. The third-order valence-corrected chi connectivity index (χ3v) is 3.21. The van der Waals surface area contributed by atoms with E-state index >= 15 is 0 Å². The van der Waals surface area contributed by atoms with Gasteiger partial charge in [-0.15, -0.1) is 0 Å². The van der Waals surface area contributed by atoms with E-state index in [1.807, 2.05) is 30.3 Å². The molecule has 0 saturated heterocycles. The molecule has 1 amide bonds. The fraction of sp³-hybridized carbons (Fsp3) is 0.118. The van der Waals surface area contributed by atoms with Crippen molar-refractivity contribution in [3.63, 3.8) is 0 Å². The number of carbonyl (C=O) groups is 1. The molecule has 0 atom stereocenters. The van der Waals surface area contributed by atoms with Gasteiger partial charge in [-0.25, -0.2) is 0 Å². The zero-order chi connectivity index (χ0) is 15.2. The summed E-state index contributed by atoms with van der Waals surface area (Å²) >= 11 is 6.05. The van der Waals surface area contributed by atoms with Crippen LogP contribution in [0.1, 0.15) is 5.56 Å². The minimum absolute atomic E-state index is 0.305. The monoisotopic (exact) mass is 299 g/mol. The molecule has 0 radical (unpaired) electrons. The van der Waals surface area contributed by atoms with Gasteiger partial charge in [0.15, 0.2) is 0 Å². The number of methoxy groups -OCH3 is 1. The van der Waals surface area contributed by atoms with Crippen LogP contribution >= 0.6 is 11.6 Å². The van der Waals surface area contributed by atoms with E-state index in [2.05, 4.69) is 11.8 Å². The van der Waals surface area contributed by atoms with Crippen molar-refractivity contribution < 1.29 is 9.53 Å². The maximum Gasteiger partial charge on any atom is 0.302 e. The number of halogens is 1. The number of nitrogens with zero attached hydrogens (tertiary/aromatic N) is 1. The standard InChI is InChI=1S/C17H14ClNO2/c1-19(14-9-10-16(21-2)15(18)12-14)17(20)11-8-13-6-4-3-5-7-13/h3-7,9-10,12H,1-2H3. The molecule has 2 aromatic carbocycles. The molecule has 0 spiro atoms. The second-order valence-electron chi connectivity index (χ2n) is 4.30. The summed E-state index contributed by atoms with van der Waals surface area (Å²) in [5, 5.41) is 0.450. The largest absolute Gasteiger partial charge is 0.495 e. The van der Waals surface area contributed by atoms with Crippen molar-refractivity contribution in [2.24, 2.45) is 0 Å². The van der Waals surface area contributed by atoms with Crippen LogP contribution < -0.4 is 9.64 Å². The summed E-state index contributed by atoms with van der Waals surface area (Å²) in [5.41, 5.74) is 1.46. The molecule has 0 heterocycles. The quantitative estimate of drug-likeness (QED) is 0.796. The zero-order valence-corrected chi connectivity index (χ0v) is 12.5. The number of rotatable bonds is 2. The third kappa shape index (κ3) is 3.77. The number of ether oxygens (including phenoxy) is 1. The highest BCUT2D eigenvalue weighted by atomic mass is 35.5. The predicted molar refractivity (Wildman–Crippen MR) is 84.7 cm³/mol. The summed E-state index contributed by atoms with van der Waals surface area (Å²) < 4.78 is 5.08. The lowest BCUT2D eigenvalue weighted by Gasteiger charge is -2.15. The molecule has 0 unspecified atom stereocenters. The van der Waals surface area contributed by atoms with E-state index in [0.717, 1.165) is 5.56 Å². The Balaban J connectivity index is 2.16. The maximum absolute atomic E-state index is 12.1. The first-order valence-electron chi connectivity index (χ1n) is 6.30. The number of anilines is 1. The molecule has 0 saturated carbocycles. The van der Waals surface area contributed by atoms with Gasteiger partial charge in [0, 0.05) is 24.2 Å². The van der Waals surface area contributed by atoms with Gasteiger partial charge in [0.05, 0.1) is 12.1 Å². The van der Waals surface area contributed by atoms with Gasteiger partial charge in [0.1, 0.15) is 5.75 Å². The van der Waals surface area contributed by atoms with Crippen molar-refractivity contribution in [3.8, 4) is 17.6 Å². The molecule has 21 heavy (non-hydrogen) atoms. The molecule has 2 aromatic rings. The van der Waals surface area contributed by atoms with Crippen LogP contribution in [-0.4, -0.2) is 20.1 Å². The van der Waals surface area contributed by atoms with Crippen LogP contribution in [0.5, 0.6) is 5.75 Å². The van der Waals surface area contributed by atoms with Crippen LogP contribution in [0.25, 0.3) is 0 Å². The number of amides is 1. The Kier molecular flexibility index (Phi) is 4.86. The van der Waals surface area contributed by atoms with E-state index in [4.69, 9.17) is 16.3 Å². The van der Waals surface area contributed by atoms with E-state index in [-0.39, 0.29) is 5.91 Å². The molecule has 4 heteroatoms. The molecule has 0 fully saturated rings. The van der Waals surface area contributed by atoms with Crippen molar-refractivity contribution in [3.05, 3.63) is 59.1 Å². The normalized spacial score (nSPS) is 9.48. The van der Waals surface area contributed by atoms with E-state index < -0.39 is 0 Å². The first-order chi connectivity index (χ1) is 10.1. The van der Waals surface area contributed by atoms with E-state index in [0.29, 0.717) is 16.5 Å². The average molecular weight is 300 g/mol. The second kappa shape index (κ2) is 6.83. The summed E-state index contributed by atoms with van der Waals surface area (Å²) in [4.78, 5) is 13.5. The molecule has 2 rings (SSSR count). The first kappa shape index (κ1) is 15.0. The Morgan fingerprint density at radius 3 is 2.52 bits per heavy atom. The molecular weight excluding hydrogens is 286 g/mol. The summed E-state index contributed by atoms with van der Waals surface area (Å²) in [6.07, 6.45) is 0. The van der Waals surface area contributed by atoms with Gasteiger partial charge >= 0.3 is 5.91 Å². The highest BCUT2D eigenvalue weighted by Crippen LogP contribution is 2.28. The Morgan fingerprint density at radius 1 is 1.19 bits per heavy atom. The van der Waals surface area contributed by atoms with Gasteiger partial charge in [0.2, 0.25) is 0 Å². The molecule has 3 nitrogen and oxygen atoms in total. The summed E-state index contributed by atoms with van der Waals surface area (Å²) in [6, 6.07) is 14.5. The SMILES string of the molecule is COc1ccc(N(C)C(=O)C#Cc2ccccc2)cc1Cl. The molecule has 0 aromatic heterocycles. The average Bonchev–Trinajstić information content (AvgIpc) is 2.52. The fourth-order valence-electron chi connectivity index (χ4n) is 1.71. The van der Waals surface area contributed by atoms with Crippen molar-refractivity contribution in [2.75, 3.05) is 19.1 Å². The summed E-state index contributed by atoms with van der Waals surface area (Å²) in [7, 11) is 3.20. The van der Waals surface area contributed by atoms with Crippen molar-refractivity contribution >= 4 is 23.2 Å². The lowest BCUT2D eigenvalue weighted by atomic mass is 10.2. The molecule has 0 bridgehead atoms. The fourth-order valence-corrected chi connectivity index (χ4v) is 1.96. The van der Waals surface area contributed by atoms with Crippen molar-refractivity contribution in [1.29, 1.82) is 0 Å². The van der Waals surface area contributed by atoms with Gasteiger partial charge in [0.25, 0.3) is 0 Å².